The molecular weight excluding hydrogens is 461 g/mol. The number of piperazine rings is 1. The zero-order valence-electron chi connectivity index (χ0n) is 16.2. The Morgan fingerprint density at radius 2 is 1.88 bits per heavy atom. The molecule has 5 nitrogen and oxygen atoms in total. The molecule has 0 aliphatic carbocycles. The van der Waals surface area contributed by atoms with E-state index in [1.165, 1.54) is 26.2 Å². The fourth-order valence-corrected chi connectivity index (χ4v) is 3.27. The fraction of sp³-hybridized carbons (Fsp3) is 0.632. The van der Waals surface area contributed by atoms with E-state index in [1.807, 2.05) is 25.2 Å². The van der Waals surface area contributed by atoms with Gasteiger partial charge in [0.05, 0.1) is 0 Å². The van der Waals surface area contributed by atoms with E-state index in [1.54, 1.807) is 0 Å². The molecule has 2 rings (SSSR count). The van der Waals surface area contributed by atoms with Crippen LogP contribution in [-0.4, -0.2) is 75.7 Å². The van der Waals surface area contributed by atoms with Gasteiger partial charge in [-0.05, 0) is 31.0 Å². The lowest BCUT2D eigenvalue weighted by atomic mass is 10.1. The van der Waals surface area contributed by atoms with Gasteiger partial charge in [0, 0.05) is 57.9 Å². The van der Waals surface area contributed by atoms with Crippen LogP contribution < -0.4 is 10.6 Å². The largest absolute Gasteiger partial charge is 0.356 e. The molecule has 26 heavy (non-hydrogen) atoms. The molecule has 0 spiro atoms. The van der Waals surface area contributed by atoms with Crippen molar-refractivity contribution in [1.29, 1.82) is 0 Å². The lowest BCUT2D eigenvalue weighted by Gasteiger charge is -2.34. The monoisotopic (exact) mass is 493 g/mol. The van der Waals surface area contributed by atoms with Gasteiger partial charge in [-0.25, -0.2) is 0 Å². The minimum absolute atomic E-state index is 0. The molecule has 1 aliphatic rings. The summed E-state index contributed by atoms with van der Waals surface area (Å²) in [6, 6.07) is 7.98. The zero-order valence-corrected chi connectivity index (χ0v) is 19.3. The van der Waals surface area contributed by atoms with E-state index in [0.29, 0.717) is 5.92 Å². The highest BCUT2D eigenvalue weighted by Gasteiger charge is 2.16. The number of hydrogen-bond donors (Lipinski definition) is 2. The second kappa shape index (κ2) is 12.8. The summed E-state index contributed by atoms with van der Waals surface area (Å²) < 4.78 is 0. The summed E-state index contributed by atoms with van der Waals surface area (Å²) in [5, 5.41) is 7.63. The van der Waals surface area contributed by atoms with Crippen molar-refractivity contribution >= 4 is 41.5 Å². The molecule has 1 heterocycles. The number of nitrogens with one attached hydrogen (secondary N) is 2. The topological polar surface area (TPSA) is 42.9 Å². The molecule has 1 aromatic rings. The number of likely N-dealkylation sites (N-methyl/N-ethyl adjacent to an activating group) is 1. The van der Waals surface area contributed by atoms with E-state index >= 15 is 0 Å². The van der Waals surface area contributed by atoms with Crippen molar-refractivity contribution in [3.63, 3.8) is 0 Å². The summed E-state index contributed by atoms with van der Waals surface area (Å²) in [4.78, 5) is 9.26. The van der Waals surface area contributed by atoms with Gasteiger partial charge in [0.1, 0.15) is 0 Å². The van der Waals surface area contributed by atoms with E-state index in [2.05, 4.69) is 45.5 Å². The van der Waals surface area contributed by atoms with Gasteiger partial charge in [-0.3, -0.25) is 4.99 Å². The number of rotatable bonds is 7. The summed E-state index contributed by atoms with van der Waals surface area (Å²) in [6.07, 6.45) is 0.886. The quantitative estimate of drug-likeness (QED) is 0.348. The molecule has 0 bridgehead atoms. The highest BCUT2D eigenvalue weighted by molar-refractivity contribution is 14.0. The second-order valence-electron chi connectivity index (χ2n) is 6.93. The third-order valence-corrected chi connectivity index (χ3v) is 5.02. The highest BCUT2D eigenvalue weighted by atomic mass is 127. The summed E-state index contributed by atoms with van der Waals surface area (Å²) in [7, 11) is 4.01. The zero-order chi connectivity index (χ0) is 18.1. The molecule has 0 aromatic heterocycles. The number of hydrogen-bond acceptors (Lipinski definition) is 3. The van der Waals surface area contributed by atoms with Crippen molar-refractivity contribution in [2.24, 2.45) is 10.9 Å². The molecule has 2 N–H and O–H groups in total. The van der Waals surface area contributed by atoms with Gasteiger partial charge < -0.3 is 20.4 Å². The number of guanidine groups is 1. The van der Waals surface area contributed by atoms with Gasteiger partial charge >= 0.3 is 0 Å². The van der Waals surface area contributed by atoms with Crippen LogP contribution in [0.5, 0.6) is 0 Å². The molecule has 1 aromatic carbocycles. The van der Waals surface area contributed by atoms with Crippen LogP contribution in [0.25, 0.3) is 0 Å². The van der Waals surface area contributed by atoms with E-state index in [4.69, 9.17) is 11.6 Å². The lowest BCUT2D eigenvalue weighted by Crippen LogP contribution is -2.47. The van der Waals surface area contributed by atoms with Crippen LogP contribution in [0.1, 0.15) is 12.5 Å². The molecule has 1 unspecified atom stereocenters. The van der Waals surface area contributed by atoms with Crippen LogP contribution in [0.2, 0.25) is 5.02 Å². The Hall–Kier alpha value is -0.570. The van der Waals surface area contributed by atoms with Gasteiger partial charge in [-0.1, -0.05) is 36.7 Å². The van der Waals surface area contributed by atoms with Crippen LogP contribution in [0, 0.1) is 5.92 Å². The smallest absolute Gasteiger partial charge is 0.190 e. The van der Waals surface area contributed by atoms with E-state index in [-0.39, 0.29) is 24.0 Å². The van der Waals surface area contributed by atoms with Crippen molar-refractivity contribution in [1.82, 2.24) is 20.4 Å². The number of benzene rings is 1. The Bertz CT molecular complexity index is 546. The van der Waals surface area contributed by atoms with Crippen LogP contribution in [-0.2, 0) is 6.42 Å². The van der Waals surface area contributed by atoms with Crippen molar-refractivity contribution in [3.8, 4) is 0 Å². The Balaban J connectivity index is 0.00000338. The minimum Gasteiger partial charge on any atom is -0.356 e. The molecule has 7 heteroatoms. The van der Waals surface area contributed by atoms with E-state index in [0.717, 1.165) is 42.6 Å². The maximum atomic E-state index is 6.20. The Morgan fingerprint density at radius 3 is 2.54 bits per heavy atom. The number of halogens is 2. The molecule has 1 aliphatic heterocycles. The number of nitrogens with zero attached hydrogens (tertiary/aromatic N) is 3. The summed E-state index contributed by atoms with van der Waals surface area (Å²) in [5.74, 6) is 1.45. The first-order chi connectivity index (χ1) is 12.1. The van der Waals surface area contributed by atoms with Gasteiger partial charge in [0.15, 0.2) is 5.96 Å². The molecular formula is C19H33ClIN5. The standard InChI is InChI=1S/C19H32ClN5.HI/c1-16(15-25-12-10-24(3)11-13-25)14-23-19(21-2)22-9-8-17-6-4-5-7-18(17)20;/h4-7,16H,8-15H2,1-3H3,(H2,21,22,23);1H. The average Bonchev–Trinajstić information content (AvgIpc) is 2.61. The van der Waals surface area contributed by atoms with E-state index < -0.39 is 0 Å². The number of aliphatic imine (C=N–C) groups is 1. The second-order valence-corrected chi connectivity index (χ2v) is 7.34. The molecule has 1 saturated heterocycles. The summed E-state index contributed by atoms with van der Waals surface area (Å²) in [5.41, 5.74) is 1.16. The predicted octanol–water partition coefficient (Wildman–Crippen LogP) is 2.55. The molecule has 0 radical (unpaired) electrons. The van der Waals surface area contributed by atoms with Gasteiger partial charge in [0.2, 0.25) is 0 Å². The Labute approximate surface area is 180 Å². The van der Waals surface area contributed by atoms with Gasteiger partial charge in [0.25, 0.3) is 0 Å². The van der Waals surface area contributed by atoms with Crippen LogP contribution in [0.3, 0.4) is 0 Å². The highest BCUT2D eigenvalue weighted by Crippen LogP contribution is 2.14. The third kappa shape index (κ3) is 8.41. The molecule has 0 saturated carbocycles. The van der Waals surface area contributed by atoms with Crippen molar-refractivity contribution in [2.45, 2.75) is 13.3 Å². The summed E-state index contributed by atoms with van der Waals surface area (Å²) in [6.45, 7) is 9.86. The van der Waals surface area contributed by atoms with Gasteiger partial charge in [-0.2, -0.15) is 0 Å². The predicted molar refractivity (Wildman–Crippen MR) is 123 cm³/mol. The fourth-order valence-electron chi connectivity index (χ4n) is 3.04. The third-order valence-electron chi connectivity index (χ3n) is 4.65. The van der Waals surface area contributed by atoms with Crippen molar-refractivity contribution in [3.05, 3.63) is 34.9 Å². The maximum Gasteiger partial charge on any atom is 0.190 e. The van der Waals surface area contributed by atoms with Crippen LogP contribution >= 0.6 is 35.6 Å². The van der Waals surface area contributed by atoms with Gasteiger partial charge in [-0.15, -0.1) is 24.0 Å². The van der Waals surface area contributed by atoms with Crippen molar-refractivity contribution in [2.75, 3.05) is 59.9 Å². The first kappa shape index (κ1) is 23.5. The molecule has 0 amide bonds. The molecule has 1 atom stereocenters. The summed E-state index contributed by atoms with van der Waals surface area (Å²) >= 11 is 6.20. The maximum absolute atomic E-state index is 6.20. The van der Waals surface area contributed by atoms with Crippen LogP contribution in [0.4, 0.5) is 0 Å². The average molecular weight is 494 g/mol. The van der Waals surface area contributed by atoms with Crippen LogP contribution in [0.15, 0.2) is 29.3 Å². The molecule has 1 fully saturated rings. The normalized spacial score (nSPS) is 17.5. The molecule has 148 valence electrons. The minimum atomic E-state index is 0. The Kier molecular flexibility index (Phi) is 11.5. The lowest BCUT2D eigenvalue weighted by molar-refractivity contribution is 0.139. The first-order valence-electron chi connectivity index (χ1n) is 9.17. The Morgan fingerprint density at radius 1 is 1.19 bits per heavy atom. The SMILES string of the molecule is CN=C(NCCc1ccccc1Cl)NCC(C)CN1CCN(C)CC1.I. The van der Waals surface area contributed by atoms with E-state index in [9.17, 15) is 0 Å². The van der Waals surface area contributed by atoms with Crippen molar-refractivity contribution < 1.29 is 0 Å². The first-order valence-corrected chi connectivity index (χ1v) is 9.55.